The number of hydrogen-bond donors (Lipinski definition) is 0. The zero-order chi connectivity index (χ0) is 17.8. The van der Waals surface area contributed by atoms with Gasteiger partial charge in [-0.25, -0.2) is 4.79 Å². The van der Waals surface area contributed by atoms with Crippen LogP contribution in [0, 0.1) is 6.92 Å². The van der Waals surface area contributed by atoms with Crippen molar-refractivity contribution in [2.75, 3.05) is 18.0 Å². The van der Waals surface area contributed by atoms with E-state index in [4.69, 9.17) is 9.15 Å². The van der Waals surface area contributed by atoms with Gasteiger partial charge in [-0.2, -0.15) is 0 Å². The average Bonchev–Trinajstić information content (AvgIpc) is 2.60. The van der Waals surface area contributed by atoms with Crippen molar-refractivity contribution in [3.63, 3.8) is 0 Å². The molecule has 3 aromatic rings. The van der Waals surface area contributed by atoms with Crippen LogP contribution >= 0.6 is 0 Å². The predicted molar refractivity (Wildman–Crippen MR) is 102 cm³/mol. The van der Waals surface area contributed by atoms with Crippen molar-refractivity contribution >= 4 is 16.7 Å². The Morgan fingerprint density at radius 2 is 1.84 bits per heavy atom. The first-order chi connectivity index (χ1) is 12.1. The van der Waals surface area contributed by atoms with Crippen LogP contribution in [0.1, 0.15) is 25.0 Å². The molecule has 0 spiro atoms. The number of fused-ring (bicyclic) bond motifs is 1. The van der Waals surface area contributed by atoms with Gasteiger partial charge >= 0.3 is 5.63 Å². The molecule has 0 aliphatic carbocycles. The maximum Gasteiger partial charge on any atom is 0.336 e. The molecule has 2 aromatic carbocycles. The first kappa shape index (κ1) is 17.1. The van der Waals surface area contributed by atoms with Crippen LogP contribution in [0.2, 0.25) is 0 Å². The third kappa shape index (κ3) is 3.85. The van der Waals surface area contributed by atoms with E-state index in [0.717, 1.165) is 41.0 Å². The molecule has 0 fully saturated rings. The smallest absolute Gasteiger partial charge is 0.336 e. The van der Waals surface area contributed by atoms with Gasteiger partial charge in [0.25, 0.3) is 0 Å². The van der Waals surface area contributed by atoms with Gasteiger partial charge < -0.3 is 14.1 Å². The molecule has 0 atom stereocenters. The molecular weight excluding hydrogens is 314 g/mol. The Bertz CT molecular complexity index is 926. The molecule has 0 N–H and O–H groups in total. The summed E-state index contributed by atoms with van der Waals surface area (Å²) >= 11 is 0. The first-order valence-corrected chi connectivity index (χ1v) is 8.62. The molecule has 25 heavy (non-hydrogen) atoms. The van der Waals surface area contributed by atoms with Crippen LogP contribution in [0.25, 0.3) is 11.0 Å². The molecule has 4 nitrogen and oxygen atoms in total. The van der Waals surface area contributed by atoms with Crippen molar-refractivity contribution in [2.45, 2.75) is 27.4 Å². The fourth-order valence-electron chi connectivity index (χ4n) is 2.98. The van der Waals surface area contributed by atoms with Crippen LogP contribution in [0.3, 0.4) is 0 Å². The highest BCUT2D eigenvalue weighted by atomic mass is 16.5. The van der Waals surface area contributed by atoms with Crippen LogP contribution in [0.15, 0.2) is 57.7 Å². The summed E-state index contributed by atoms with van der Waals surface area (Å²) in [7, 11) is 0. The van der Waals surface area contributed by atoms with Crippen LogP contribution < -0.4 is 15.3 Å². The van der Waals surface area contributed by atoms with Crippen molar-refractivity contribution in [1.82, 2.24) is 0 Å². The Morgan fingerprint density at radius 3 is 2.60 bits per heavy atom. The predicted octanol–water partition coefficient (Wildman–Crippen LogP) is 4.53. The number of nitrogens with zero attached hydrogens (tertiary/aromatic N) is 1. The van der Waals surface area contributed by atoms with Gasteiger partial charge in [-0.1, -0.05) is 18.2 Å². The van der Waals surface area contributed by atoms with Crippen LogP contribution in [0.5, 0.6) is 5.75 Å². The summed E-state index contributed by atoms with van der Waals surface area (Å²) in [6.07, 6.45) is 0. The highest BCUT2D eigenvalue weighted by molar-refractivity contribution is 5.80. The molecule has 0 saturated heterocycles. The monoisotopic (exact) mass is 337 g/mol. The standard InChI is InChI=1S/C21H23NO3/c1-4-22(5-2)17-7-6-8-18(13-17)24-14-16-12-21(23)25-20-11-15(3)9-10-19(16)20/h6-13H,4-5,14H2,1-3H3. The van der Waals surface area contributed by atoms with E-state index in [1.54, 1.807) is 0 Å². The SMILES string of the molecule is CCN(CC)c1cccc(OCc2cc(=O)oc3cc(C)ccc23)c1. The Hall–Kier alpha value is -2.75. The van der Waals surface area contributed by atoms with Crippen molar-refractivity contribution in [1.29, 1.82) is 0 Å². The Morgan fingerprint density at radius 1 is 1.04 bits per heavy atom. The molecule has 0 aliphatic heterocycles. The zero-order valence-corrected chi connectivity index (χ0v) is 14.9. The van der Waals surface area contributed by atoms with Gasteiger partial charge in [-0.05, 0) is 44.5 Å². The lowest BCUT2D eigenvalue weighted by Gasteiger charge is -2.21. The number of rotatable bonds is 6. The largest absolute Gasteiger partial charge is 0.489 e. The quantitative estimate of drug-likeness (QED) is 0.620. The molecule has 0 unspecified atom stereocenters. The average molecular weight is 337 g/mol. The Kier molecular flexibility index (Phi) is 5.08. The van der Waals surface area contributed by atoms with E-state index >= 15 is 0 Å². The van der Waals surface area contributed by atoms with Gasteiger partial charge in [0.05, 0.1) is 0 Å². The molecule has 0 radical (unpaired) electrons. The molecule has 1 heterocycles. The van der Waals surface area contributed by atoms with Gasteiger partial charge in [0, 0.05) is 41.9 Å². The molecule has 0 amide bonds. The summed E-state index contributed by atoms with van der Waals surface area (Å²) in [5, 5.41) is 0.907. The van der Waals surface area contributed by atoms with Crippen molar-refractivity contribution in [3.8, 4) is 5.75 Å². The van der Waals surface area contributed by atoms with E-state index in [0.29, 0.717) is 12.2 Å². The summed E-state index contributed by atoms with van der Waals surface area (Å²) in [6.45, 7) is 8.46. The van der Waals surface area contributed by atoms with Gasteiger partial charge in [0.1, 0.15) is 17.9 Å². The lowest BCUT2D eigenvalue weighted by molar-refractivity contribution is 0.306. The Balaban J connectivity index is 1.86. The third-order valence-electron chi connectivity index (χ3n) is 4.33. The Labute approximate surface area is 147 Å². The molecule has 1 aromatic heterocycles. The molecule has 0 bridgehead atoms. The van der Waals surface area contributed by atoms with Gasteiger partial charge in [-0.15, -0.1) is 0 Å². The fourth-order valence-corrected chi connectivity index (χ4v) is 2.98. The first-order valence-electron chi connectivity index (χ1n) is 8.62. The topological polar surface area (TPSA) is 42.7 Å². The van der Waals surface area contributed by atoms with Gasteiger partial charge in [0.2, 0.25) is 0 Å². The fraction of sp³-hybridized carbons (Fsp3) is 0.286. The molecular formula is C21H23NO3. The zero-order valence-electron chi connectivity index (χ0n) is 14.9. The van der Waals surface area contributed by atoms with Crippen LogP contribution in [-0.2, 0) is 6.61 Å². The summed E-state index contributed by atoms with van der Waals surface area (Å²) in [6, 6.07) is 15.4. The van der Waals surface area contributed by atoms with E-state index in [1.165, 1.54) is 6.07 Å². The van der Waals surface area contributed by atoms with E-state index < -0.39 is 0 Å². The second-order valence-corrected chi connectivity index (χ2v) is 6.05. The summed E-state index contributed by atoms with van der Waals surface area (Å²) < 4.78 is 11.3. The summed E-state index contributed by atoms with van der Waals surface area (Å²) in [4.78, 5) is 14.1. The minimum absolute atomic E-state index is 0.326. The number of aryl methyl sites for hydroxylation is 1. The third-order valence-corrected chi connectivity index (χ3v) is 4.33. The normalized spacial score (nSPS) is 10.8. The van der Waals surface area contributed by atoms with E-state index in [9.17, 15) is 4.79 Å². The lowest BCUT2D eigenvalue weighted by atomic mass is 10.1. The molecule has 0 saturated carbocycles. The van der Waals surface area contributed by atoms with Crippen LogP contribution in [0.4, 0.5) is 5.69 Å². The van der Waals surface area contributed by atoms with E-state index in [-0.39, 0.29) is 5.63 Å². The second kappa shape index (κ2) is 7.43. The molecule has 4 heteroatoms. The molecule has 130 valence electrons. The number of hydrogen-bond acceptors (Lipinski definition) is 4. The van der Waals surface area contributed by atoms with Gasteiger partial charge in [0.15, 0.2) is 0 Å². The van der Waals surface area contributed by atoms with Gasteiger partial charge in [-0.3, -0.25) is 0 Å². The van der Waals surface area contributed by atoms with E-state index in [1.807, 2.05) is 43.3 Å². The summed E-state index contributed by atoms with van der Waals surface area (Å²) in [5.74, 6) is 0.790. The van der Waals surface area contributed by atoms with Crippen molar-refractivity contribution in [3.05, 3.63) is 70.1 Å². The van der Waals surface area contributed by atoms with Crippen LogP contribution in [-0.4, -0.2) is 13.1 Å². The maximum absolute atomic E-state index is 11.8. The molecule has 0 aliphatic rings. The second-order valence-electron chi connectivity index (χ2n) is 6.05. The van der Waals surface area contributed by atoms with Crippen molar-refractivity contribution < 1.29 is 9.15 Å². The lowest BCUT2D eigenvalue weighted by Crippen LogP contribution is -2.21. The highest BCUT2D eigenvalue weighted by Crippen LogP contribution is 2.24. The minimum Gasteiger partial charge on any atom is -0.489 e. The number of ether oxygens (including phenoxy) is 1. The highest BCUT2D eigenvalue weighted by Gasteiger charge is 2.08. The number of benzene rings is 2. The van der Waals surface area contributed by atoms with Crippen molar-refractivity contribution in [2.24, 2.45) is 0 Å². The molecule has 3 rings (SSSR count). The van der Waals surface area contributed by atoms with E-state index in [2.05, 4.69) is 24.8 Å². The minimum atomic E-state index is -0.353. The number of anilines is 1. The maximum atomic E-state index is 11.8. The summed E-state index contributed by atoms with van der Waals surface area (Å²) in [5.41, 5.74) is 3.27.